The molecule has 6 rings (SSSR count). The molecular formula is C31H29N7O2. The molecule has 4 heterocycles. The van der Waals surface area contributed by atoms with E-state index in [4.69, 9.17) is 15.9 Å². The number of nitrogens with zero attached hydrogens (tertiary/aromatic N) is 3. The van der Waals surface area contributed by atoms with Gasteiger partial charge in [-0.1, -0.05) is 42.0 Å². The van der Waals surface area contributed by atoms with E-state index in [1.165, 1.54) is 5.56 Å². The number of carbonyl (C=O) groups is 1. The lowest BCUT2D eigenvalue weighted by Gasteiger charge is -2.26. The fourth-order valence-corrected chi connectivity index (χ4v) is 4.97. The van der Waals surface area contributed by atoms with E-state index < -0.39 is 0 Å². The van der Waals surface area contributed by atoms with E-state index >= 15 is 0 Å². The number of morpholine rings is 1. The number of aryl methyl sites for hydroxylation is 1. The van der Waals surface area contributed by atoms with E-state index in [9.17, 15) is 4.79 Å². The number of amides is 2. The molecule has 2 amide bonds. The van der Waals surface area contributed by atoms with Gasteiger partial charge in [-0.25, -0.2) is 9.78 Å². The van der Waals surface area contributed by atoms with Gasteiger partial charge in [0.2, 0.25) is 0 Å². The molecule has 2 aromatic carbocycles. The van der Waals surface area contributed by atoms with Gasteiger partial charge in [0.25, 0.3) is 0 Å². The molecule has 0 aliphatic carbocycles. The summed E-state index contributed by atoms with van der Waals surface area (Å²) in [5, 5.41) is 13.0. The fourth-order valence-electron chi connectivity index (χ4n) is 4.97. The summed E-state index contributed by atoms with van der Waals surface area (Å²) < 4.78 is 5.33. The number of aromatic nitrogens is 3. The highest BCUT2D eigenvalue weighted by Crippen LogP contribution is 2.31. The minimum Gasteiger partial charge on any atom is -0.383 e. The summed E-state index contributed by atoms with van der Waals surface area (Å²) >= 11 is 0. The van der Waals surface area contributed by atoms with Crippen molar-refractivity contribution >= 4 is 34.2 Å². The van der Waals surface area contributed by atoms with Crippen molar-refractivity contribution < 1.29 is 9.53 Å². The first-order valence-electron chi connectivity index (χ1n) is 13.1. The van der Waals surface area contributed by atoms with Crippen LogP contribution >= 0.6 is 0 Å². The van der Waals surface area contributed by atoms with E-state index in [1.54, 1.807) is 23.5 Å². The van der Waals surface area contributed by atoms with Gasteiger partial charge >= 0.3 is 6.03 Å². The molecule has 0 unspecified atom stereocenters. The van der Waals surface area contributed by atoms with Crippen LogP contribution < -0.4 is 11.1 Å². The number of H-pyrrole nitrogens is 1. The van der Waals surface area contributed by atoms with Crippen LogP contribution in [0.1, 0.15) is 16.8 Å². The molecule has 5 N–H and O–H groups in total. The third-order valence-corrected chi connectivity index (χ3v) is 7.07. The van der Waals surface area contributed by atoms with Gasteiger partial charge in [0.15, 0.2) is 0 Å². The van der Waals surface area contributed by atoms with Crippen LogP contribution in [0.25, 0.3) is 33.2 Å². The van der Waals surface area contributed by atoms with Crippen LogP contribution in [0.4, 0.5) is 16.3 Å². The van der Waals surface area contributed by atoms with Crippen LogP contribution in [0.15, 0.2) is 79.3 Å². The molecule has 0 radical (unpaired) electrons. The number of hydrogen-bond donors (Lipinski definition) is 4. The van der Waals surface area contributed by atoms with Crippen molar-refractivity contribution in [3.63, 3.8) is 0 Å². The third kappa shape index (κ3) is 5.02. The summed E-state index contributed by atoms with van der Waals surface area (Å²) in [5.74, 6) is 0.260. The van der Waals surface area contributed by atoms with Crippen LogP contribution in [0.2, 0.25) is 0 Å². The summed E-state index contributed by atoms with van der Waals surface area (Å²) in [5.41, 5.74) is 14.1. The molecule has 1 fully saturated rings. The molecule has 5 aromatic rings. The fraction of sp³-hybridized carbons (Fsp3) is 0.161. The van der Waals surface area contributed by atoms with Crippen LogP contribution in [0, 0.1) is 12.3 Å². The number of rotatable bonds is 5. The molecule has 9 nitrogen and oxygen atoms in total. The van der Waals surface area contributed by atoms with Crippen molar-refractivity contribution in [3.8, 4) is 22.3 Å². The Bertz CT molecular complexity index is 1740. The standard InChI is InChI=1S/C31H29N7O2/c1-19-4-2-5-20(12-19)24-6-3-7-27-25(24)15-28(37-27)29(32)26-14-22(17-35-30(26)33)21-13-23(18-34-16-21)36-31(39)38-8-10-40-11-9-38/h2-7,12-18,32,37H,8-11H2,1H3,(H2,33,35)(H,36,39). The van der Waals surface area contributed by atoms with Crippen molar-refractivity contribution in [2.45, 2.75) is 6.92 Å². The summed E-state index contributed by atoms with van der Waals surface area (Å²) in [6.45, 7) is 4.23. The number of anilines is 2. The van der Waals surface area contributed by atoms with Gasteiger partial charge in [0.1, 0.15) is 5.82 Å². The van der Waals surface area contributed by atoms with Gasteiger partial charge in [-0.3, -0.25) is 10.4 Å². The Balaban J connectivity index is 1.29. The normalized spacial score (nSPS) is 13.4. The Hall–Kier alpha value is -5.02. The van der Waals surface area contributed by atoms with E-state index in [0.717, 1.165) is 33.2 Å². The van der Waals surface area contributed by atoms with Gasteiger partial charge in [-0.15, -0.1) is 0 Å². The summed E-state index contributed by atoms with van der Waals surface area (Å²) in [6, 6.07) is 20.0. The van der Waals surface area contributed by atoms with Crippen molar-refractivity contribution in [3.05, 3.63) is 96.1 Å². The number of hydrogen-bond acceptors (Lipinski definition) is 6. The minimum absolute atomic E-state index is 0.191. The van der Waals surface area contributed by atoms with E-state index in [0.29, 0.717) is 43.2 Å². The number of nitrogen functional groups attached to an aromatic ring is 1. The number of nitrogens with two attached hydrogens (primary N) is 1. The quantitative estimate of drug-likeness (QED) is 0.224. The third-order valence-electron chi connectivity index (χ3n) is 7.07. The first-order chi connectivity index (χ1) is 19.5. The van der Waals surface area contributed by atoms with E-state index in [-0.39, 0.29) is 17.6 Å². The van der Waals surface area contributed by atoms with Crippen LogP contribution in [-0.2, 0) is 4.74 Å². The SMILES string of the molecule is Cc1cccc(-c2cccc3[nH]c(C(=N)c4cc(-c5cncc(NC(=O)N6CCOCC6)c5)cnc4N)cc23)c1. The zero-order valence-electron chi connectivity index (χ0n) is 22.1. The Kier molecular flexibility index (Phi) is 6.71. The number of urea groups is 1. The molecule has 0 spiro atoms. The predicted octanol–water partition coefficient (Wildman–Crippen LogP) is 5.46. The smallest absolute Gasteiger partial charge is 0.322 e. The number of aromatic amines is 1. The topological polar surface area (TPSA) is 133 Å². The molecule has 0 atom stereocenters. The van der Waals surface area contributed by atoms with Gasteiger partial charge in [0.05, 0.1) is 36.5 Å². The first kappa shape index (κ1) is 25.3. The highest BCUT2D eigenvalue weighted by atomic mass is 16.5. The van der Waals surface area contributed by atoms with Gasteiger partial charge in [-0.05, 0) is 42.3 Å². The molecule has 3 aromatic heterocycles. The molecule has 1 aliphatic rings. The van der Waals surface area contributed by atoms with Gasteiger partial charge in [0, 0.05) is 53.1 Å². The average Bonchev–Trinajstić information content (AvgIpc) is 3.42. The van der Waals surface area contributed by atoms with Crippen LogP contribution in [0.3, 0.4) is 0 Å². The zero-order valence-corrected chi connectivity index (χ0v) is 22.1. The lowest BCUT2D eigenvalue weighted by molar-refractivity contribution is 0.0564. The lowest BCUT2D eigenvalue weighted by atomic mass is 9.99. The van der Waals surface area contributed by atoms with Crippen LogP contribution in [-0.4, -0.2) is 57.9 Å². The van der Waals surface area contributed by atoms with Gasteiger partial charge < -0.3 is 25.7 Å². The molecule has 1 saturated heterocycles. The highest BCUT2D eigenvalue weighted by molar-refractivity contribution is 6.15. The maximum Gasteiger partial charge on any atom is 0.322 e. The minimum atomic E-state index is -0.191. The number of nitrogens with one attached hydrogen (secondary N) is 3. The Morgan fingerprint density at radius 2 is 1.80 bits per heavy atom. The number of fused-ring (bicyclic) bond motifs is 1. The molecule has 0 bridgehead atoms. The van der Waals surface area contributed by atoms with Crippen molar-refractivity contribution in [1.82, 2.24) is 19.9 Å². The van der Waals surface area contributed by atoms with Crippen molar-refractivity contribution in [1.29, 1.82) is 5.41 Å². The maximum atomic E-state index is 12.6. The van der Waals surface area contributed by atoms with E-state index in [2.05, 4.69) is 57.5 Å². The Labute approximate surface area is 231 Å². The number of ether oxygens (including phenoxy) is 1. The Morgan fingerprint density at radius 1 is 1.00 bits per heavy atom. The summed E-state index contributed by atoms with van der Waals surface area (Å²) in [4.78, 5) is 26.4. The number of benzene rings is 2. The largest absolute Gasteiger partial charge is 0.383 e. The first-order valence-corrected chi connectivity index (χ1v) is 13.1. The number of pyridine rings is 2. The molecule has 0 saturated carbocycles. The second-order valence-corrected chi connectivity index (χ2v) is 9.84. The second kappa shape index (κ2) is 10.6. The Morgan fingerprint density at radius 3 is 2.62 bits per heavy atom. The van der Waals surface area contributed by atoms with Gasteiger partial charge in [-0.2, -0.15) is 0 Å². The summed E-state index contributed by atoms with van der Waals surface area (Å²) in [7, 11) is 0. The summed E-state index contributed by atoms with van der Waals surface area (Å²) in [6.07, 6.45) is 4.95. The maximum absolute atomic E-state index is 12.6. The molecule has 40 heavy (non-hydrogen) atoms. The average molecular weight is 532 g/mol. The molecule has 9 heteroatoms. The van der Waals surface area contributed by atoms with Crippen LogP contribution in [0.5, 0.6) is 0 Å². The molecule has 1 aliphatic heterocycles. The predicted molar refractivity (Wildman–Crippen MR) is 158 cm³/mol. The molecular weight excluding hydrogens is 502 g/mol. The van der Waals surface area contributed by atoms with Crippen molar-refractivity contribution in [2.24, 2.45) is 0 Å². The second-order valence-electron chi connectivity index (χ2n) is 9.84. The van der Waals surface area contributed by atoms with E-state index in [1.807, 2.05) is 30.3 Å². The van der Waals surface area contributed by atoms with Crippen molar-refractivity contribution in [2.75, 3.05) is 37.4 Å². The zero-order chi connectivity index (χ0) is 27.6. The monoisotopic (exact) mass is 531 g/mol. The lowest BCUT2D eigenvalue weighted by Crippen LogP contribution is -2.43. The number of carbonyl (C=O) groups excluding carboxylic acids is 1. The highest BCUT2D eigenvalue weighted by Gasteiger charge is 2.18. The molecule has 200 valence electrons.